The van der Waals surface area contributed by atoms with Crippen LogP contribution in [0, 0.1) is 20.2 Å². The van der Waals surface area contributed by atoms with Crippen LogP contribution < -0.4 is 18.9 Å². The number of hydrogen-bond donors (Lipinski definition) is 0. The zero-order chi connectivity index (χ0) is 41.7. The van der Waals surface area contributed by atoms with Crippen molar-refractivity contribution in [3.8, 4) is 79.1 Å². The fourth-order valence-electron chi connectivity index (χ4n) is 7.06. The first-order valence-corrected chi connectivity index (χ1v) is 18.9. The maximum atomic E-state index is 12.2. The van der Waals surface area contributed by atoms with Gasteiger partial charge in [-0.3, -0.25) is 20.2 Å². The normalized spacial score (nSPS) is 17.8. The van der Waals surface area contributed by atoms with Gasteiger partial charge < -0.3 is 28.4 Å². The van der Waals surface area contributed by atoms with Crippen LogP contribution in [0.5, 0.6) is 23.0 Å². The topological polar surface area (TPSA) is 184 Å². The van der Waals surface area contributed by atoms with Crippen molar-refractivity contribution in [1.29, 1.82) is 0 Å². The Kier molecular flexibility index (Phi) is 9.70. The molecule has 2 saturated heterocycles. The lowest BCUT2D eigenvalue weighted by molar-refractivity contribution is -0.384. The Balaban J connectivity index is 1.01. The Morgan fingerprint density at radius 1 is 0.533 bits per heavy atom. The van der Waals surface area contributed by atoms with Crippen molar-refractivity contribution in [3.05, 3.63) is 142 Å². The zero-order valence-electron chi connectivity index (χ0n) is 32.6. The molecular formula is C44H36N6O10. The minimum Gasteiger partial charge on any atom is -0.493 e. The average molecular weight is 809 g/mol. The van der Waals surface area contributed by atoms with E-state index in [1.54, 1.807) is 82.4 Å². The molecular weight excluding hydrogens is 773 g/mol. The third-order valence-corrected chi connectivity index (χ3v) is 10.3. The van der Waals surface area contributed by atoms with Crippen LogP contribution in [0.3, 0.4) is 0 Å². The lowest BCUT2D eigenvalue weighted by Crippen LogP contribution is -2.03. The van der Waals surface area contributed by atoms with Crippen LogP contribution in [-0.4, -0.2) is 68.4 Å². The number of methoxy groups -OCH3 is 2. The van der Waals surface area contributed by atoms with Crippen molar-refractivity contribution >= 4 is 11.4 Å². The Bertz CT molecular complexity index is 2590. The Hall–Kier alpha value is -7.56. The molecule has 2 aliphatic rings. The predicted octanol–water partition coefficient (Wildman–Crippen LogP) is 8.81. The molecule has 0 radical (unpaired) electrons. The summed E-state index contributed by atoms with van der Waals surface area (Å²) in [5.74, 6) is 1.79. The van der Waals surface area contributed by atoms with Gasteiger partial charge in [0, 0.05) is 23.3 Å². The molecule has 16 nitrogen and oxygen atoms in total. The van der Waals surface area contributed by atoms with Gasteiger partial charge in [-0.1, -0.05) is 12.1 Å². The summed E-state index contributed by atoms with van der Waals surface area (Å²) >= 11 is 0. The molecule has 0 spiro atoms. The van der Waals surface area contributed by atoms with Gasteiger partial charge in [0.05, 0.1) is 70.3 Å². The fourth-order valence-corrected chi connectivity index (χ4v) is 7.06. The summed E-state index contributed by atoms with van der Waals surface area (Å²) in [6.07, 6.45) is 2.54. The van der Waals surface area contributed by atoms with E-state index in [2.05, 4.69) is 10.2 Å². The number of ether oxygens (including phenoxy) is 6. The molecule has 4 unspecified atom stereocenters. The minimum atomic E-state index is -0.414. The summed E-state index contributed by atoms with van der Waals surface area (Å²) in [4.78, 5) is 23.6. The first-order valence-electron chi connectivity index (χ1n) is 18.9. The Morgan fingerprint density at radius 2 is 0.917 bits per heavy atom. The van der Waals surface area contributed by atoms with Crippen molar-refractivity contribution in [2.24, 2.45) is 0 Å². The van der Waals surface area contributed by atoms with E-state index in [0.717, 1.165) is 11.4 Å². The lowest BCUT2D eigenvalue weighted by atomic mass is 9.99. The second-order valence-electron chi connectivity index (χ2n) is 14.1. The summed E-state index contributed by atoms with van der Waals surface area (Å²) in [7, 11) is 3.02. The highest BCUT2D eigenvalue weighted by Crippen LogP contribution is 2.42. The number of nitrogens with zero attached hydrogens (tertiary/aromatic N) is 6. The number of hydrogen-bond acceptors (Lipinski definition) is 12. The number of rotatable bonds is 14. The van der Waals surface area contributed by atoms with Gasteiger partial charge in [-0.2, -0.15) is 10.2 Å². The molecule has 60 heavy (non-hydrogen) atoms. The van der Waals surface area contributed by atoms with E-state index in [1.807, 2.05) is 50.2 Å². The van der Waals surface area contributed by atoms with Crippen LogP contribution in [0.25, 0.3) is 56.1 Å². The molecule has 4 heterocycles. The van der Waals surface area contributed by atoms with E-state index in [9.17, 15) is 20.2 Å². The molecule has 9 rings (SSSR count). The average Bonchev–Trinajstić information content (AvgIpc) is 3.94. The number of nitro groups is 2. The third kappa shape index (κ3) is 7.25. The first-order chi connectivity index (χ1) is 29.1. The Labute approximate surface area is 342 Å². The molecule has 7 aromatic rings. The van der Waals surface area contributed by atoms with Crippen LogP contribution in [0.15, 0.2) is 122 Å². The number of aromatic nitrogens is 4. The molecule has 0 bridgehead atoms. The predicted molar refractivity (Wildman–Crippen MR) is 219 cm³/mol. The van der Waals surface area contributed by atoms with Gasteiger partial charge in [0.2, 0.25) is 12.6 Å². The highest BCUT2D eigenvalue weighted by molar-refractivity contribution is 5.82. The van der Waals surface area contributed by atoms with Gasteiger partial charge in [0.25, 0.3) is 11.4 Å². The van der Waals surface area contributed by atoms with Crippen molar-refractivity contribution < 1.29 is 38.3 Å². The number of benzene rings is 5. The van der Waals surface area contributed by atoms with E-state index >= 15 is 0 Å². The molecule has 2 aliphatic heterocycles. The first kappa shape index (κ1) is 38.0. The van der Waals surface area contributed by atoms with Gasteiger partial charge >= 0.3 is 0 Å². The van der Waals surface area contributed by atoms with Crippen LogP contribution in [0.1, 0.15) is 13.8 Å². The van der Waals surface area contributed by atoms with Gasteiger partial charge in [0.1, 0.15) is 12.2 Å². The summed E-state index contributed by atoms with van der Waals surface area (Å²) in [6.45, 7) is 3.80. The standard InChI is InChI=1S/C44H36N6O10/c1-25-43(57-25)59-39-15-7-27(23-41(39)55-3)33-21-29(5-13-37(33)49(51)52)35-17-19-45-47(35)31-9-11-32(12-10-31)48-36(18-20-46-48)30-6-14-38(50(53)54)34(22-30)28-8-16-40(42(24-28)56-4)60-44-26(2)58-44/h5-26,43-44H,1-4H3. The zero-order valence-corrected chi connectivity index (χ0v) is 32.6. The molecule has 2 fully saturated rings. The summed E-state index contributed by atoms with van der Waals surface area (Å²) in [6, 6.07) is 31.5. The highest BCUT2D eigenvalue weighted by Gasteiger charge is 2.38. The molecule has 2 aromatic heterocycles. The van der Waals surface area contributed by atoms with E-state index in [4.69, 9.17) is 28.4 Å². The maximum absolute atomic E-state index is 12.2. The van der Waals surface area contributed by atoms with Crippen LogP contribution in [0.2, 0.25) is 0 Å². The van der Waals surface area contributed by atoms with Gasteiger partial charge in [-0.25, -0.2) is 9.36 Å². The van der Waals surface area contributed by atoms with E-state index in [1.165, 1.54) is 26.4 Å². The quantitative estimate of drug-likeness (QED) is 0.0579. The monoisotopic (exact) mass is 808 g/mol. The van der Waals surface area contributed by atoms with E-state index < -0.39 is 9.85 Å². The van der Waals surface area contributed by atoms with E-state index in [-0.39, 0.29) is 36.2 Å². The SMILES string of the molecule is COc1cc(-c2cc(-c3ccnn3-c3ccc(-n4nccc4-c4ccc([N+](=O)[O-])c(-c5ccc(OC6OC6C)c(OC)c5)c4)cc3)ccc2[N+](=O)[O-])ccc1OC1OC1C. The van der Waals surface area contributed by atoms with Gasteiger partial charge in [-0.05, 0) is 110 Å². The van der Waals surface area contributed by atoms with Crippen LogP contribution in [-0.2, 0) is 9.47 Å². The summed E-state index contributed by atoms with van der Waals surface area (Å²) in [5, 5.41) is 33.6. The summed E-state index contributed by atoms with van der Waals surface area (Å²) in [5.41, 5.74) is 6.07. The highest BCUT2D eigenvalue weighted by atomic mass is 16.8. The molecule has 4 atom stereocenters. The molecule has 302 valence electrons. The Morgan fingerprint density at radius 3 is 1.27 bits per heavy atom. The summed E-state index contributed by atoms with van der Waals surface area (Å²) < 4.78 is 37.1. The maximum Gasteiger partial charge on any atom is 0.277 e. The van der Waals surface area contributed by atoms with Crippen molar-refractivity contribution in [1.82, 2.24) is 19.6 Å². The molecule has 5 aromatic carbocycles. The van der Waals surface area contributed by atoms with Gasteiger partial charge in [-0.15, -0.1) is 0 Å². The van der Waals surface area contributed by atoms with Crippen molar-refractivity contribution in [2.75, 3.05) is 14.2 Å². The molecule has 16 heteroatoms. The largest absolute Gasteiger partial charge is 0.493 e. The second-order valence-corrected chi connectivity index (χ2v) is 14.1. The smallest absolute Gasteiger partial charge is 0.277 e. The minimum absolute atomic E-state index is 0.0264. The number of nitro benzene ring substituents is 2. The van der Waals surface area contributed by atoms with Crippen molar-refractivity contribution in [3.63, 3.8) is 0 Å². The molecule has 0 N–H and O–H groups in total. The molecule has 0 amide bonds. The second kappa shape index (κ2) is 15.3. The van der Waals surface area contributed by atoms with Crippen molar-refractivity contribution in [2.45, 2.75) is 38.6 Å². The fraction of sp³-hybridized carbons (Fsp3) is 0.182. The molecule has 0 saturated carbocycles. The number of epoxide rings is 2. The van der Waals surface area contributed by atoms with E-state index in [0.29, 0.717) is 67.8 Å². The molecule has 0 aliphatic carbocycles. The van der Waals surface area contributed by atoms with Crippen LogP contribution in [0.4, 0.5) is 11.4 Å². The lowest BCUT2D eigenvalue weighted by Gasteiger charge is -2.14. The third-order valence-electron chi connectivity index (χ3n) is 10.3. The van der Waals surface area contributed by atoms with Gasteiger partial charge in [0.15, 0.2) is 23.0 Å². The van der Waals surface area contributed by atoms with Crippen LogP contribution >= 0.6 is 0 Å².